The highest BCUT2D eigenvalue weighted by Gasteiger charge is 2.27. The van der Waals surface area contributed by atoms with Gasteiger partial charge in [-0.1, -0.05) is 11.6 Å². The predicted molar refractivity (Wildman–Crippen MR) is 78.2 cm³/mol. The zero-order valence-corrected chi connectivity index (χ0v) is 12.0. The van der Waals surface area contributed by atoms with Crippen LogP contribution >= 0.6 is 11.6 Å². The molecule has 1 fully saturated rings. The average molecular weight is 282 g/mol. The van der Waals surface area contributed by atoms with Crippen molar-refractivity contribution in [3.05, 3.63) is 11.2 Å². The number of fused-ring (bicyclic) bond motifs is 1. The van der Waals surface area contributed by atoms with Crippen molar-refractivity contribution < 1.29 is 0 Å². The first-order valence-corrected chi connectivity index (χ1v) is 7.35. The molecule has 1 aromatic rings. The first kappa shape index (κ1) is 12.9. The molecule has 0 aliphatic carbocycles. The number of piperidine rings is 1. The minimum atomic E-state index is 0.467. The third-order valence-corrected chi connectivity index (χ3v) is 4.20. The summed E-state index contributed by atoms with van der Waals surface area (Å²) in [5.41, 5.74) is 1.10. The van der Waals surface area contributed by atoms with Crippen LogP contribution in [0.25, 0.3) is 0 Å². The van der Waals surface area contributed by atoms with Crippen molar-refractivity contribution >= 4 is 23.1 Å². The Bertz CT molecular complexity index is 447. The first-order chi connectivity index (χ1) is 9.25. The largest absolute Gasteiger partial charge is 0.371 e. The minimum Gasteiger partial charge on any atom is -0.371 e. The lowest BCUT2D eigenvalue weighted by atomic mass is 10.1. The normalized spacial score (nSPS) is 24.0. The third-order valence-electron chi connectivity index (χ3n) is 4.01. The number of nitrogens with zero attached hydrogens (tertiary/aromatic N) is 4. The molecule has 0 amide bonds. The van der Waals surface area contributed by atoms with E-state index in [-0.39, 0.29) is 0 Å². The zero-order chi connectivity index (χ0) is 13.2. The molecule has 6 heteroatoms. The maximum absolute atomic E-state index is 6.00. The summed E-state index contributed by atoms with van der Waals surface area (Å²) >= 11 is 6.00. The Labute approximate surface area is 118 Å². The van der Waals surface area contributed by atoms with Gasteiger partial charge in [-0.3, -0.25) is 0 Å². The van der Waals surface area contributed by atoms with Crippen molar-refractivity contribution in [2.75, 3.05) is 43.0 Å². The molecule has 0 bridgehead atoms. The highest BCUT2D eigenvalue weighted by molar-refractivity contribution is 6.29. The van der Waals surface area contributed by atoms with Crippen molar-refractivity contribution in [2.45, 2.75) is 25.3 Å². The molecule has 0 unspecified atom stereocenters. The van der Waals surface area contributed by atoms with E-state index in [2.05, 4.69) is 32.4 Å². The fourth-order valence-electron chi connectivity index (χ4n) is 3.00. The maximum Gasteiger partial charge on any atom is 0.175 e. The highest BCUT2D eigenvalue weighted by Crippen LogP contribution is 2.32. The Kier molecular flexibility index (Phi) is 3.75. The molecule has 19 heavy (non-hydrogen) atoms. The van der Waals surface area contributed by atoms with E-state index in [1.165, 1.54) is 12.8 Å². The van der Waals surface area contributed by atoms with E-state index < -0.39 is 0 Å². The third kappa shape index (κ3) is 2.62. The second kappa shape index (κ2) is 5.51. The van der Waals surface area contributed by atoms with Crippen molar-refractivity contribution in [1.29, 1.82) is 0 Å². The van der Waals surface area contributed by atoms with E-state index in [4.69, 9.17) is 11.6 Å². The van der Waals surface area contributed by atoms with Crippen LogP contribution < -0.4 is 15.1 Å². The van der Waals surface area contributed by atoms with Gasteiger partial charge in [0.25, 0.3) is 0 Å². The molecule has 2 aliphatic rings. The summed E-state index contributed by atoms with van der Waals surface area (Å²) < 4.78 is 0. The topological polar surface area (TPSA) is 44.3 Å². The van der Waals surface area contributed by atoms with Gasteiger partial charge in [-0.05, 0) is 25.8 Å². The fraction of sp³-hybridized carbons (Fsp3) is 0.692. The van der Waals surface area contributed by atoms with Crippen LogP contribution in [-0.4, -0.2) is 49.5 Å². The molecule has 1 N–H and O–H groups in total. The van der Waals surface area contributed by atoms with E-state index >= 15 is 0 Å². The smallest absolute Gasteiger partial charge is 0.175 e. The molecule has 5 nitrogen and oxygen atoms in total. The van der Waals surface area contributed by atoms with Gasteiger partial charge in [0.2, 0.25) is 0 Å². The van der Waals surface area contributed by atoms with E-state index in [9.17, 15) is 0 Å². The average Bonchev–Trinajstić information content (AvgIpc) is 2.60. The molecule has 104 valence electrons. The fourth-order valence-corrected chi connectivity index (χ4v) is 3.14. The van der Waals surface area contributed by atoms with Crippen molar-refractivity contribution in [3.63, 3.8) is 0 Å². The standard InChI is InChI=1S/C13H20ClN5/c1-18-6-3-7-19(10-4-2-5-15-9-10)13-11(18)8-12(14)16-17-13/h8,10,15H,2-7,9H2,1H3/t10-/m1/s1. The lowest BCUT2D eigenvalue weighted by Gasteiger charge is -2.35. The highest BCUT2D eigenvalue weighted by atomic mass is 35.5. The lowest BCUT2D eigenvalue weighted by Crippen LogP contribution is -2.46. The number of nitrogens with one attached hydrogen (secondary N) is 1. The molecule has 0 saturated carbocycles. The van der Waals surface area contributed by atoms with E-state index in [1.54, 1.807) is 0 Å². The van der Waals surface area contributed by atoms with Crippen LogP contribution in [-0.2, 0) is 0 Å². The molecule has 0 spiro atoms. The van der Waals surface area contributed by atoms with Gasteiger partial charge in [-0.2, -0.15) is 0 Å². The quantitative estimate of drug-likeness (QED) is 0.846. The van der Waals surface area contributed by atoms with Gasteiger partial charge in [0.05, 0.1) is 5.69 Å². The molecular weight excluding hydrogens is 262 g/mol. The summed E-state index contributed by atoms with van der Waals surface area (Å²) in [6.45, 7) is 4.24. The Hall–Kier alpha value is -1.07. The number of rotatable bonds is 1. The Morgan fingerprint density at radius 3 is 3.00 bits per heavy atom. The van der Waals surface area contributed by atoms with Crippen molar-refractivity contribution in [2.24, 2.45) is 0 Å². The van der Waals surface area contributed by atoms with Crippen LogP contribution in [0.4, 0.5) is 11.5 Å². The molecule has 1 saturated heterocycles. The Balaban J connectivity index is 1.94. The maximum atomic E-state index is 6.00. The SMILES string of the molecule is CN1CCCN([C@@H]2CCCNC2)c2nnc(Cl)cc21. The molecule has 1 aromatic heterocycles. The van der Waals surface area contributed by atoms with E-state index in [0.29, 0.717) is 11.2 Å². The van der Waals surface area contributed by atoms with Crippen LogP contribution in [0.1, 0.15) is 19.3 Å². The summed E-state index contributed by atoms with van der Waals surface area (Å²) in [7, 11) is 2.10. The Morgan fingerprint density at radius 2 is 2.21 bits per heavy atom. The predicted octanol–water partition coefficient (Wildman–Crippen LogP) is 1.53. The van der Waals surface area contributed by atoms with Gasteiger partial charge in [-0.15, -0.1) is 10.2 Å². The number of hydrogen-bond acceptors (Lipinski definition) is 5. The lowest BCUT2D eigenvalue weighted by molar-refractivity contribution is 0.429. The van der Waals surface area contributed by atoms with Gasteiger partial charge in [-0.25, -0.2) is 0 Å². The number of aromatic nitrogens is 2. The van der Waals surface area contributed by atoms with Gasteiger partial charge in [0, 0.05) is 38.8 Å². The molecule has 3 heterocycles. The molecule has 3 rings (SSSR count). The summed E-state index contributed by atoms with van der Waals surface area (Å²) in [6, 6.07) is 2.45. The van der Waals surface area contributed by atoms with Crippen molar-refractivity contribution in [3.8, 4) is 0 Å². The van der Waals surface area contributed by atoms with Gasteiger partial charge in [0.1, 0.15) is 0 Å². The molecule has 2 aliphatic heterocycles. The number of hydrogen-bond donors (Lipinski definition) is 1. The Morgan fingerprint density at radius 1 is 1.32 bits per heavy atom. The second-order valence-electron chi connectivity index (χ2n) is 5.34. The van der Waals surface area contributed by atoms with Crippen LogP contribution in [0.15, 0.2) is 6.07 Å². The van der Waals surface area contributed by atoms with Gasteiger partial charge >= 0.3 is 0 Å². The van der Waals surface area contributed by atoms with Crippen molar-refractivity contribution in [1.82, 2.24) is 15.5 Å². The second-order valence-corrected chi connectivity index (χ2v) is 5.73. The number of halogens is 1. The van der Waals surface area contributed by atoms with Gasteiger partial charge < -0.3 is 15.1 Å². The molecular formula is C13H20ClN5. The monoisotopic (exact) mass is 281 g/mol. The van der Waals surface area contributed by atoms with Gasteiger partial charge in [0.15, 0.2) is 11.0 Å². The summed E-state index contributed by atoms with van der Waals surface area (Å²) in [4.78, 5) is 4.64. The van der Waals surface area contributed by atoms with Crippen LogP contribution in [0.5, 0.6) is 0 Å². The van der Waals surface area contributed by atoms with E-state index in [1.807, 2.05) is 6.07 Å². The molecule has 0 radical (unpaired) electrons. The summed E-state index contributed by atoms with van der Waals surface area (Å²) in [5, 5.41) is 12.3. The van der Waals surface area contributed by atoms with Crippen LogP contribution in [0, 0.1) is 0 Å². The molecule has 0 aromatic carbocycles. The minimum absolute atomic E-state index is 0.467. The van der Waals surface area contributed by atoms with E-state index in [0.717, 1.165) is 44.1 Å². The number of anilines is 2. The van der Waals surface area contributed by atoms with Crippen LogP contribution in [0.3, 0.4) is 0 Å². The summed E-state index contributed by atoms with van der Waals surface area (Å²) in [6.07, 6.45) is 3.59. The molecule has 1 atom stereocenters. The summed E-state index contributed by atoms with van der Waals surface area (Å²) in [5.74, 6) is 0.984. The van der Waals surface area contributed by atoms with Crippen LogP contribution in [0.2, 0.25) is 5.15 Å². The zero-order valence-electron chi connectivity index (χ0n) is 11.3. The first-order valence-electron chi connectivity index (χ1n) is 6.97.